The largest absolute Gasteiger partial charge is 0.366 e. The first kappa shape index (κ1) is 13.0. The van der Waals surface area contributed by atoms with Crippen molar-refractivity contribution in [2.24, 2.45) is 0 Å². The molecule has 0 rings (SSSR count). The van der Waals surface area contributed by atoms with Crippen LogP contribution in [0.15, 0.2) is 0 Å². The molecule has 0 unspecified atom stereocenters. The van der Waals surface area contributed by atoms with Crippen molar-refractivity contribution >= 4 is 5.91 Å². The lowest BCUT2D eigenvalue weighted by Crippen LogP contribution is -2.36. The molecule has 0 heterocycles. The summed E-state index contributed by atoms with van der Waals surface area (Å²) in [4.78, 5) is 13.1. The monoisotopic (exact) mass is 197 g/mol. The summed E-state index contributed by atoms with van der Waals surface area (Å²) < 4.78 is 5.36. The minimum absolute atomic E-state index is 0.0552. The predicted octanol–water partition coefficient (Wildman–Crippen LogP) is 1.28. The van der Waals surface area contributed by atoms with E-state index in [1.165, 1.54) is 0 Å². The summed E-state index contributed by atoms with van der Waals surface area (Å²) in [5, 5.41) is 0. The number of hydrogen-bond donors (Lipinski definition) is 0. The first-order valence-corrected chi connectivity index (χ1v) is 4.76. The fourth-order valence-electron chi connectivity index (χ4n) is 0.856. The van der Waals surface area contributed by atoms with Gasteiger partial charge in [0.05, 0.1) is 12.1 Å². The molecule has 0 radical (unpaired) electrons. The summed E-state index contributed by atoms with van der Waals surface area (Å²) in [5.41, 5.74) is -0.286. The van der Waals surface area contributed by atoms with Crippen molar-refractivity contribution in [3.05, 3.63) is 0 Å². The van der Waals surface area contributed by atoms with Gasteiger partial charge in [-0.15, -0.1) is 6.42 Å². The second kappa shape index (κ2) is 5.66. The maximum Gasteiger partial charge on any atom is 0.249 e. The Labute approximate surface area is 86.4 Å². The molecule has 0 aliphatic heterocycles. The third-order valence-electron chi connectivity index (χ3n) is 1.65. The maximum absolute atomic E-state index is 11.5. The number of hydrogen-bond acceptors (Lipinski definition) is 2. The quantitative estimate of drug-likeness (QED) is 0.635. The molecule has 0 bridgehead atoms. The highest BCUT2D eigenvalue weighted by Crippen LogP contribution is 2.06. The van der Waals surface area contributed by atoms with Crippen molar-refractivity contribution < 1.29 is 9.53 Å². The minimum atomic E-state index is -0.286. The Morgan fingerprint density at radius 2 is 2.07 bits per heavy atom. The molecule has 0 fully saturated rings. The molecule has 0 atom stereocenters. The van der Waals surface area contributed by atoms with Crippen molar-refractivity contribution in [3.63, 3.8) is 0 Å². The van der Waals surface area contributed by atoms with Crippen LogP contribution >= 0.6 is 0 Å². The van der Waals surface area contributed by atoms with Crippen molar-refractivity contribution in [1.29, 1.82) is 0 Å². The van der Waals surface area contributed by atoms with Crippen LogP contribution in [0.5, 0.6) is 0 Å². The molecule has 0 saturated carbocycles. The summed E-state index contributed by atoms with van der Waals surface area (Å²) in [6.45, 7) is 8.71. The number of amides is 1. The second-order valence-electron chi connectivity index (χ2n) is 4.01. The Balaban J connectivity index is 4.00. The number of terminal acetylenes is 1. The van der Waals surface area contributed by atoms with Gasteiger partial charge in [0.25, 0.3) is 0 Å². The Bertz CT molecular complexity index is 222. The molecule has 0 N–H and O–H groups in total. The Kier molecular flexibility index (Phi) is 5.26. The van der Waals surface area contributed by atoms with Gasteiger partial charge in [0.15, 0.2) is 0 Å². The Morgan fingerprint density at radius 3 is 2.43 bits per heavy atom. The van der Waals surface area contributed by atoms with Gasteiger partial charge < -0.3 is 9.64 Å². The van der Waals surface area contributed by atoms with Gasteiger partial charge in [0.2, 0.25) is 5.91 Å². The Morgan fingerprint density at radius 1 is 1.50 bits per heavy atom. The number of ether oxygens (including phenoxy) is 1. The maximum atomic E-state index is 11.5. The van der Waals surface area contributed by atoms with Crippen molar-refractivity contribution in [3.8, 4) is 12.3 Å². The van der Waals surface area contributed by atoms with E-state index in [0.29, 0.717) is 13.1 Å². The first-order valence-electron chi connectivity index (χ1n) is 4.76. The molecule has 80 valence electrons. The smallest absolute Gasteiger partial charge is 0.249 e. The van der Waals surface area contributed by atoms with Crippen LogP contribution in [0, 0.1) is 12.3 Å². The van der Waals surface area contributed by atoms with Crippen molar-refractivity contribution in [2.45, 2.75) is 33.3 Å². The van der Waals surface area contributed by atoms with Gasteiger partial charge in [-0.2, -0.15) is 0 Å². The summed E-state index contributed by atoms with van der Waals surface area (Å²) >= 11 is 0. The number of likely N-dealkylation sites (N-methyl/N-ethyl adjacent to an activating group) is 1. The zero-order valence-corrected chi connectivity index (χ0v) is 9.46. The second-order valence-corrected chi connectivity index (χ2v) is 4.01. The van der Waals surface area contributed by atoms with Gasteiger partial charge in [-0.25, -0.2) is 0 Å². The van der Waals surface area contributed by atoms with Gasteiger partial charge in [-0.1, -0.05) is 5.92 Å². The van der Waals surface area contributed by atoms with Crippen LogP contribution in [0.4, 0.5) is 0 Å². The molecular formula is C11H19NO2. The lowest BCUT2D eigenvalue weighted by atomic mass is 10.2. The standard InChI is InChI=1S/C11H19NO2/c1-6-8-12(7-2)10(13)9-14-11(3,4)5/h1H,7-9H2,2-5H3. The molecule has 0 aliphatic rings. The van der Waals surface area contributed by atoms with Crippen LogP contribution in [0.1, 0.15) is 27.7 Å². The van der Waals surface area contributed by atoms with E-state index in [1.807, 2.05) is 27.7 Å². The van der Waals surface area contributed by atoms with Crippen LogP contribution in [-0.4, -0.2) is 36.1 Å². The van der Waals surface area contributed by atoms with Crippen molar-refractivity contribution in [2.75, 3.05) is 19.7 Å². The van der Waals surface area contributed by atoms with Crippen LogP contribution in [0.2, 0.25) is 0 Å². The van der Waals surface area contributed by atoms with E-state index in [-0.39, 0.29) is 18.1 Å². The number of carbonyl (C=O) groups is 1. The van der Waals surface area contributed by atoms with E-state index in [0.717, 1.165) is 0 Å². The predicted molar refractivity (Wildman–Crippen MR) is 56.8 cm³/mol. The lowest BCUT2D eigenvalue weighted by Gasteiger charge is -2.23. The van der Waals surface area contributed by atoms with Gasteiger partial charge in [0, 0.05) is 6.54 Å². The van der Waals surface area contributed by atoms with Crippen LogP contribution in [0.25, 0.3) is 0 Å². The number of nitrogens with zero attached hydrogens (tertiary/aromatic N) is 1. The molecule has 0 aromatic heterocycles. The van der Waals surface area contributed by atoms with Gasteiger partial charge in [-0.3, -0.25) is 4.79 Å². The average molecular weight is 197 g/mol. The number of carbonyl (C=O) groups excluding carboxylic acids is 1. The molecule has 0 spiro atoms. The molecule has 0 saturated heterocycles. The molecule has 1 amide bonds. The topological polar surface area (TPSA) is 29.5 Å². The zero-order valence-electron chi connectivity index (χ0n) is 9.46. The normalized spacial score (nSPS) is 10.8. The summed E-state index contributed by atoms with van der Waals surface area (Å²) in [6, 6.07) is 0. The summed E-state index contributed by atoms with van der Waals surface area (Å²) in [5.74, 6) is 2.39. The molecule has 3 nitrogen and oxygen atoms in total. The molecule has 0 aromatic carbocycles. The van der Waals surface area contributed by atoms with E-state index < -0.39 is 0 Å². The van der Waals surface area contributed by atoms with Gasteiger partial charge >= 0.3 is 0 Å². The third kappa shape index (κ3) is 5.60. The highest BCUT2D eigenvalue weighted by Gasteiger charge is 2.16. The highest BCUT2D eigenvalue weighted by atomic mass is 16.5. The SMILES string of the molecule is C#CCN(CC)C(=O)COC(C)(C)C. The fourth-order valence-corrected chi connectivity index (χ4v) is 0.856. The van der Waals surface area contributed by atoms with E-state index in [1.54, 1.807) is 4.90 Å². The highest BCUT2D eigenvalue weighted by molar-refractivity contribution is 5.77. The third-order valence-corrected chi connectivity index (χ3v) is 1.65. The molecule has 3 heteroatoms. The van der Waals surface area contributed by atoms with Gasteiger partial charge in [-0.05, 0) is 27.7 Å². The van der Waals surface area contributed by atoms with Crippen LogP contribution in [0.3, 0.4) is 0 Å². The summed E-state index contributed by atoms with van der Waals surface area (Å²) in [6.07, 6.45) is 5.14. The Hall–Kier alpha value is -1.01. The fraction of sp³-hybridized carbons (Fsp3) is 0.727. The lowest BCUT2D eigenvalue weighted by molar-refractivity contribution is -0.140. The molecular weight excluding hydrogens is 178 g/mol. The van der Waals surface area contributed by atoms with E-state index in [2.05, 4.69) is 5.92 Å². The van der Waals surface area contributed by atoms with E-state index in [9.17, 15) is 4.79 Å². The average Bonchev–Trinajstić information content (AvgIpc) is 2.09. The first-order chi connectivity index (χ1) is 6.40. The van der Waals surface area contributed by atoms with Crippen LogP contribution < -0.4 is 0 Å². The van der Waals surface area contributed by atoms with Gasteiger partial charge in [0.1, 0.15) is 6.61 Å². The molecule has 0 aromatic rings. The van der Waals surface area contributed by atoms with E-state index in [4.69, 9.17) is 11.2 Å². The zero-order chi connectivity index (χ0) is 11.2. The minimum Gasteiger partial charge on any atom is -0.366 e. The number of rotatable bonds is 4. The van der Waals surface area contributed by atoms with Crippen LogP contribution in [-0.2, 0) is 9.53 Å². The summed E-state index contributed by atoms with van der Waals surface area (Å²) in [7, 11) is 0. The molecule has 0 aliphatic carbocycles. The van der Waals surface area contributed by atoms with E-state index >= 15 is 0 Å². The van der Waals surface area contributed by atoms with Crippen molar-refractivity contribution in [1.82, 2.24) is 4.90 Å². The molecule has 14 heavy (non-hydrogen) atoms.